The Hall–Kier alpha value is -2.14. The van der Waals surface area contributed by atoms with E-state index in [1.54, 1.807) is 0 Å². The summed E-state index contributed by atoms with van der Waals surface area (Å²) in [6.07, 6.45) is 2.74. The Labute approximate surface area is 131 Å². The highest BCUT2D eigenvalue weighted by molar-refractivity contribution is 9.10. The van der Waals surface area contributed by atoms with Gasteiger partial charge in [0.05, 0.1) is 11.2 Å². The third-order valence-corrected chi connectivity index (χ3v) is 3.84. The van der Waals surface area contributed by atoms with Gasteiger partial charge in [-0.1, -0.05) is 28.1 Å². The molecule has 3 aromatic rings. The number of aromatic nitrogens is 2. The molecule has 0 aliphatic carbocycles. The molecule has 3 rings (SSSR count). The van der Waals surface area contributed by atoms with Crippen molar-refractivity contribution in [1.82, 2.24) is 9.38 Å². The summed E-state index contributed by atoms with van der Waals surface area (Å²) in [4.78, 5) is 17.9. The monoisotopic (exact) mass is 343 g/mol. The molecule has 0 saturated heterocycles. The van der Waals surface area contributed by atoms with Crippen LogP contribution in [0.3, 0.4) is 0 Å². The van der Waals surface area contributed by atoms with Crippen LogP contribution in [0.5, 0.6) is 0 Å². The van der Waals surface area contributed by atoms with E-state index in [1.807, 2.05) is 66.0 Å². The van der Waals surface area contributed by atoms with Gasteiger partial charge in [-0.15, -0.1) is 0 Å². The molecule has 0 bridgehead atoms. The number of fused-ring (bicyclic) bond motifs is 1. The van der Waals surface area contributed by atoms with Crippen molar-refractivity contribution >= 4 is 33.4 Å². The Morgan fingerprint density at radius 3 is 2.71 bits per heavy atom. The van der Waals surface area contributed by atoms with Crippen LogP contribution in [-0.2, 0) is 0 Å². The van der Waals surface area contributed by atoms with Crippen LogP contribution >= 0.6 is 15.9 Å². The van der Waals surface area contributed by atoms with Gasteiger partial charge >= 0.3 is 0 Å². The highest BCUT2D eigenvalue weighted by Gasteiger charge is 2.16. The molecular weight excluding hydrogens is 330 g/mol. The first-order valence-electron chi connectivity index (χ1n) is 6.51. The SMILES string of the molecule is CN(C)c1cccn2c(-c3cccc(Br)c3)nc(C=O)c12. The molecule has 4 nitrogen and oxygen atoms in total. The van der Waals surface area contributed by atoms with Crippen LogP contribution in [-0.4, -0.2) is 29.8 Å². The van der Waals surface area contributed by atoms with E-state index in [9.17, 15) is 4.79 Å². The molecule has 1 aromatic carbocycles. The third-order valence-electron chi connectivity index (χ3n) is 3.35. The number of imidazole rings is 1. The van der Waals surface area contributed by atoms with E-state index in [4.69, 9.17) is 0 Å². The quantitative estimate of drug-likeness (QED) is 0.681. The topological polar surface area (TPSA) is 37.6 Å². The van der Waals surface area contributed by atoms with Crippen molar-refractivity contribution < 1.29 is 4.79 Å². The summed E-state index contributed by atoms with van der Waals surface area (Å²) < 4.78 is 2.94. The summed E-state index contributed by atoms with van der Waals surface area (Å²) in [5, 5.41) is 0. The lowest BCUT2D eigenvalue weighted by Gasteiger charge is -2.14. The van der Waals surface area contributed by atoms with Crippen molar-refractivity contribution in [2.75, 3.05) is 19.0 Å². The van der Waals surface area contributed by atoms with Crippen molar-refractivity contribution in [1.29, 1.82) is 0 Å². The number of anilines is 1. The summed E-state index contributed by atoms with van der Waals surface area (Å²) in [6, 6.07) is 11.8. The maximum Gasteiger partial charge on any atom is 0.170 e. The zero-order chi connectivity index (χ0) is 15.0. The standard InChI is InChI=1S/C16H14BrN3O/c1-19(2)14-7-4-8-20-15(14)13(10-21)18-16(20)11-5-3-6-12(17)9-11/h3-10H,1-2H3. The molecule has 0 N–H and O–H groups in total. The number of rotatable bonds is 3. The molecule has 0 aliphatic heterocycles. The van der Waals surface area contributed by atoms with Crippen LogP contribution in [0.4, 0.5) is 5.69 Å². The molecule has 0 radical (unpaired) electrons. The lowest BCUT2D eigenvalue weighted by molar-refractivity contribution is 0.112. The van der Waals surface area contributed by atoms with E-state index >= 15 is 0 Å². The molecule has 0 spiro atoms. The van der Waals surface area contributed by atoms with Crippen LogP contribution in [0.15, 0.2) is 47.1 Å². The maximum absolute atomic E-state index is 11.4. The first-order chi connectivity index (χ1) is 10.1. The van der Waals surface area contributed by atoms with Crippen molar-refractivity contribution in [3.8, 4) is 11.4 Å². The van der Waals surface area contributed by atoms with E-state index in [1.165, 1.54) is 0 Å². The molecule has 0 atom stereocenters. The van der Waals surface area contributed by atoms with E-state index in [0.29, 0.717) is 5.69 Å². The van der Waals surface area contributed by atoms with Crippen molar-refractivity contribution in [2.24, 2.45) is 0 Å². The van der Waals surface area contributed by atoms with Gasteiger partial charge in [-0.25, -0.2) is 4.98 Å². The van der Waals surface area contributed by atoms with Gasteiger partial charge in [-0.2, -0.15) is 0 Å². The average molecular weight is 344 g/mol. The number of pyridine rings is 1. The molecule has 2 aromatic heterocycles. The number of carbonyl (C=O) groups is 1. The number of aldehydes is 1. The fourth-order valence-electron chi connectivity index (χ4n) is 2.42. The second kappa shape index (κ2) is 5.33. The Morgan fingerprint density at radius 2 is 2.05 bits per heavy atom. The number of hydrogen-bond donors (Lipinski definition) is 0. The van der Waals surface area contributed by atoms with Gasteiger partial charge in [0.25, 0.3) is 0 Å². The molecule has 106 valence electrons. The number of nitrogens with zero attached hydrogens (tertiary/aromatic N) is 3. The van der Waals surface area contributed by atoms with Gasteiger partial charge < -0.3 is 4.90 Å². The van der Waals surface area contributed by atoms with Gasteiger partial charge in [0.1, 0.15) is 11.5 Å². The molecule has 21 heavy (non-hydrogen) atoms. The Kier molecular flexibility index (Phi) is 3.51. The molecule has 0 fully saturated rings. The predicted octanol–water partition coefficient (Wildman–Crippen LogP) is 3.64. The van der Waals surface area contributed by atoms with E-state index < -0.39 is 0 Å². The third kappa shape index (κ3) is 2.34. The second-order valence-electron chi connectivity index (χ2n) is 4.96. The van der Waals surface area contributed by atoms with Crippen molar-refractivity contribution in [2.45, 2.75) is 0 Å². The first-order valence-corrected chi connectivity index (χ1v) is 7.30. The molecule has 5 heteroatoms. The van der Waals surface area contributed by atoms with Gasteiger partial charge in [0.2, 0.25) is 0 Å². The lowest BCUT2D eigenvalue weighted by Crippen LogP contribution is -2.10. The van der Waals surface area contributed by atoms with Crippen LogP contribution in [0.2, 0.25) is 0 Å². The predicted molar refractivity (Wildman–Crippen MR) is 88.0 cm³/mol. The highest BCUT2D eigenvalue weighted by Crippen LogP contribution is 2.29. The number of hydrogen-bond acceptors (Lipinski definition) is 3. The van der Waals surface area contributed by atoms with Crippen LogP contribution in [0.1, 0.15) is 10.5 Å². The molecule has 0 saturated carbocycles. The van der Waals surface area contributed by atoms with Gasteiger partial charge in [0, 0.05) is 30.3 Å². The average Bonchev–Trinajstić information content (AvgIpc) is 2.85. The van der Waals surface area contributed by atoms with Crippen LogP contribution in [0, 0.1) is 0 Å². The molecule has 0 amide bonds. The summed E-state index contributed by atoms with van der Waals surface area (Å²) in [5.41, 5.74) is 3.21. The number of carbonyl (C=O) groups excluding carboxylic acids is 1. The second-order valence-corrected chi connectivity index (χ2v) is 5.87. The molecule has 0 aliphatic rings. The summed E-state index contributed by atoms with van der Waals surface area (Å²) in [6.45, 7) is 0. The summed E-state index contributed by atoms with van der Waals surface area (Å²) >= 11 is 3.47. The number of benzene rings is 1. The minimum absolute atomic E-state index is 0.453. The van der Waals surface area contributed by atoms with Crippen molar-refractivity contribution in [3.05, 3.63) is 52.8 Å². The van der Waals surface area contributed by atoms with Gasteiger partial charge in [-0.05, 0) is 24.3 Å². The van der Waals surface area contributed by atoms with Crippen molar-refractivity contribution in [3.63, 3.8) is 0 Å². The first kappa shape index (κ1) is 13.8. The summed E-state index contributed by atoms with van der Waals surface area (Å²) in [7, 11) is 3.91. The van der Waals surface area contributed by atoms with Gasteiger partial charge in [-0.3, -0.25) is 9.20 Å². The maximum atomic E-state index is 11.4. The smallest absolute Gasteiger partial charge is 0.170 e. The van der Waals surface area contributed by atoms with E-state index in [2.05, 4.69) is 20.9 Å². The number of halogens is 1. The molecule has 0 unspecified atom stereocenters. The largest absolute Gasteiger partial charge is 0.376 e. The highest BCUT2D eigenvalue weighted by atomic mass is 79.9. The Bertz CT molecular complexity index is 824. The molecule has 2 heterocycles. The normalized spacial score (nSPS) is 10.8. The summed E-state index contributed by atoms with van der Waals surface area (Å²) in [5.74, 6) is 0.761. The zero-order valence-electron chi connectivity index (χ0n) is 11.7. The van der Waals surface area contributed by atoms with Crippen LogP contribution in [0.25, 0.3) is 16.9 Å². The minimum Gasteiger partial charge on any atom is -0.376 e. The lowest BCUT2D eigenvalue weighted by atomic mass is 10.2. The fourth-order valence-corrected chi connectivity index (χ4v) is 2.82. The fraction of sp³-hybridized carbons (Fsp3) is 0.125. The Morgan fingerprint density at radius 1 is 1.24 bits per heavy atom. The van der Waals surface area contributed by atoms with E-state index in [0.717, 1.165) is 33.4 Å². The zero-order valence-corrected chi connectivity index (χ0v) is 13.3. The van der Waals surface area contributed by atoms with E-state index in [-0.39, 0.29) is 0 Å². The molecular formula is C16H14BrN3O. The van der Waals surface area contributed by atoms with Gasteiger partial charge in [0.15, 0.2) is 6.29 Å². The minimum atomic E-state index is 0.453. The Balaban J connectivity index is 2.35. The van der Waals surface area contributed by atoms with Crippen LogP contribution < -0.4 is 4.90 Å².